The average Bonchev–Trinajstić information content (AvgIpc) is 2.72. The van der Waals surface area contributed by atoms with E-state index in [9.17, 15) is 5.26 Å². The maximum Gasteiger partial charge on any atom is 0.0662 e. The normalized spacial score (nSPS) is 20.9. The second kappa shape index (κ2) is 13.0. The molecule has 1 unspecified atom stereocenters. The van der Waals surface area contributed by atoms with Gasteiger partial charge < -0.3 is 0 Å². The molecule has 1 fully saturated rings. The molecule has 1 nitrogen and oxygen atoms in total. The number of rotatable bonds is 12. The molecule has 1 aromatic rings. The van der Waals surface area contributed by atoms with Crippen LogP contribution in [-0.4, -0.2) is 0 Å². The molecule has 1 heteroatoms. The minimum atomic E-state index is 0.206. The van der Waals surface area contributed by atoms with Gasteiger partial charge >= 0.3 is 0 Å². The highest BCUT2D eigenvalue weighted by Gasteiger charge is 2.27. The Hall–Kier alpha value is -1.29. The van der Waals surface area contributed by atoms with Crippen LogP contribution in [0.2, 0.25) is 0 Å². The Bertz CT molecular complexity index is 530. The first-order chi connectivity index (χ1) is 13.3. The molecule has 0 heterocycles. The first-order valence-electron chi connectivity index (χ1n) is 11.7. The highest BCUT2D eigenvalue weighted by molar-refractivity contribution is 5.24. The third-order valence-electron chi connectivity index (χ3n) is 6.64. The summed E-state index contributed by atoms with van der Waals surface area (Å²) in [5.41, 5.74) is 2.79. The molecule has 0 radical (unpaired) electrons. The highest BCUT2D eigenvalue weighted by atomic mass is 14.4. The van der Waals surface area contributed by atoms with E-state index in [1.807, 2.05) is 0 Å². The number of hydrogen-bond donors (Lipinski definition) is 0. The summed E-state index contributed by atoms with van der Waals surface area (Å²) in [6.45, 7) is 4.53. The highest BCUT2D eigenvalue weighted by Crippen LogP contribution is 2.37. The fourth-order valence-corrected chi connectivity index (χ4v) is 4.71. The van der Waals surface area contributed by atoms with Crippen molar-refractivity contribution < 1.29 is 0 Å². The second-order valence-corrected chi connectivity index (χ2v) is 8.84. The van der Waals surface area contributed by atoms with Gasteiger partial charge in [0.15, 0.2) is 0 Å². The van der Waals surface area contributed by atoms with Crippen molar-refractivity contribution >= 4 is 0 Å². The third-order valence-corrected chi connectivity index (χ3v) is 6.64. The van der Waals surface area contributed by atoms with Gasteiger partial charge in [0.1, 0.15) is 0 Å². The number of aryl methyl sites for hydroxylation is 1. The molecule has 1 aliphatic carbocycles. The molecule has 2 rings (SSSR count). The predicted molar refractivity (Wildman–Crippen MR) is 117 cm³/mol. The van der Waals surface area contributed by atoms with E-state index < -0.39 is 0 Å². The molecule has 0 spiro atoms. The Kier molecular flexibility index (Phi) is 10.6. The summed E-state index contributed by atoms with van der Waals surface area (Å²) in [6.07, 6.45) is 18.3. The van der Waals surface area contributed by atoms with E-state index in [4.69, 9.17) is 0 Å². The number of hydrogen-bond acceptors (Lipinski definition) is 1. The van der Waals surface area contributed by atoms with Gasteiger partial charge in [0.25, 0.3) is 0 Å². The molecule has 1 saturated carbocycles. The van der Waals surface area contributed by atoms with Crippen LogP contribution in [0.5, 0.6) is 0 Å². The maximum absolute atomic E-state index is 9.75. The topological polar surface area (TPSA) is 23.8 Å². The van der Waals surface area contributed by atoms with E-state index >= 15 is 0 Å². The van der Waals surface area contributed by atoms with Crippen molar-refractivity contribution in [1.29, 1.82) is 5.26 Å². The zero-order chi connectivity index (χ0) is 19.3. The van der Waals surface area contributed by atoms with Crippen LogP contribution in [0.1, 0.15) is 102 Å². The molecule has 0 N–H and O–H groups in total. The fourth-order valence-electron chi connectivity index (χ4n) is 4.71. The number of nitriles is 1. The van der Waals surface area contributed by atoms with Crippen molar-refractivity contribution in [2.75, 3.05) is 0 Å². The quantitative estimate of drug-likeness (QED) is 0.345. The number of unbranched alkanes of at least 4 members (excludes halogenated alkanes) is 5. The summed E-state index contributed by atoms with van der Waals surface area (Å²) in [5.74, 6) is 1.75. The lowest BCUT2D eigenvalue weighted by Crippen LogP contribution is -2.22. The summed E-state index contributed by atoms with van der Waals surface area (Å²) in [7, 11) is 0. The van der Waals surface area contributed by atoms with Crippen LogP contribution in [0.3, 0.4) is 0 Å². The molecule has 1 aromatic carbocycles. The molecule has 150 valence electrons. The minimum absolute atomic E-state index is 0.206. The summed E-state index contributed by atoms with van der Waals surface area (Å²) >= 11 is 0. The van der Waals surface area contributed by atoms with Crippen molar-refractivity contribution in [3.63, 3.8) is 0 Å². The Morgan fingerprint density at radius 1 is 0.852 bits per heavy atom. The monoisotopic (exact) mass is 367 g/mol. The fraction of sp³-hybridized carbons (Fsp3) is 0.731. The van der Waals surface area contributed by atoms with Gasteiger partial charge in [-0.1, -0.05) is 95.9 Å². The van der Waals surface area contributed by atoms with Gasteiger partial charge in [-0.05, 0) is 55.1 Å². The molecule has 0 amide bonds. The van der Waals surface area contributed by atoms with Crippen LogP contribution in [0.25, 0.3) is 0 Å². The summed E-state index contributed by atoms with van der Waals surface area (Å²) < 4.78 is 0. The van der Waals surface area contributed by atoms with Crippen molar-refractivity contribution in [2.24, 2.45) is 17.8 Å². The van der Waals surface area contributed by atoms with Gasteiger partial charge in [-0.15, -0.1) is 0 Å². The van der Waals surface area contributed by atoms with Crippen LogP contribution >= 0.6 is 0 Å². The molecular formula is C26H41N. The first-order valence-corrected chi connectivity index (χ1v) is 11.7. The predicted octanol–water partition coefficient (Wildman–Crippen LogP) is 7.88. The van der Waals surface area contributed by atoms with Gasteiger partial charge in [0.05, 0.1) is 12.0 Å². The first kappa shape index (κ1) is 22.0. The third kappa shape index (κ3) is 8.08. The molecule has 0 bridgehead atoms. The molecule has 1 atom stereocenters. The molecule has 0 aromatic heterocycles. The summed E-state index contributed by atoms with van der Waals surface area (Å²) in [4.78, 5) is 0. The zero-order valence-corrected chi connectivity index (χ0v) is 17.9. The minimum Gasteiger partial charge on any atom is -0.198 e. The Morgan fingerprint density at radius 2 is 1.48 bits per heavy atom. The van der Waals surface area contributed by atoms with Crippen molar-refractivity contribution in [2.45, 2.75) is 104 Å². The van der Waals surface area contributed by atoms with Gasteiger partial charge in [-0.25, -0.2) is 0 Å². The van der Waals surface area contributed by atoms with Crippen LogP contribution < -0.4 is 0 Å². The standard InChI is InChI=1S/C26H41N/c1-3-5-7-8-9-11-23-16-18-25(19-17-23)26(21-27)20-24-14-12-22(13-15-24)10-6-4-2/h12-15,23,25-26H,3-11,16-20H2,1-2H3. The largest absolute Gasteiger partial charge is 0.198 e. The van der Waals surface area contributed by atoms with Crippen LogP contribution in [-0.2, 0) is 12.8 Å². The average molecular weight is 368 g/mol. The van der Waals surface area contributed by atoms with Gasteiger partial charge in [-0.2, -0.15) is 5.26 Å². The van der Waals surface area contributed by atoms with E-state index in [-0.39, 0.29) is 5.92 Å². The van der Waals surface area contributed by atoms with Gasteiger partial charge in [-0.3, -0.25) is 0 Å². The molecular weight excluding hydrogens is 326 g/mol. The Labute approximate surface area is 168 Å². The Morgan fingerprint density at radius 3 is 2.11 bits per heavy atom. The van der Waals surface area contributed by atoms with Crippen molar-refractivity contribution in [1.82, 2.24) is 0 Å². The van der Waals surface area contributed by atoms with Gasteiger partial charge in [0, 0.05) is 0 Å². The van der Waals surface area contributed by atoms with E-state index in [1.165, 1.54) is 94.6 Å². The Balaban J connectivity index is 1.72. The van der Waals surface area contributed by atoms with Crippen molar-refractivity contribution in [3.05, 3.63) is 35.4 Å². The number of benzene rings is 1. The molecule has 27 heavy (non-hydrogen) atoms. The van der Waals surface area contributed by atoms with E-state index in [0.29, 0.717) is 5.92 Å². The summed E-state index contributed by atoms with van der Waals surface area (Å²) in [6, 6.07) is 11.7. The van der Waals surface area contributed by atoms with Crippen LogP contribution in [0, 0.1) is 29.1 Å². The zero-order valence-electron chi connectivity index (χ0n) is 17.9. The van der Waals surface area contributed by atoms with Crippen LogP contribution in [0.4, 0.5) is 0 Å². The number of nitrogens with zero attached hydrogens (tertiary/aromatic N) is 1. The lowest BCUT2D eigenvalue weighted by molar-refractivity contribution is 0.220. The molecule has 0 aliphatic heterocycles. The second-order valence-electron chi connectivity index (χ2n) is 8.84. The molecule has 1 aliphatic rings. The SMILES string of the molecule is CCCCCCCC1CCC(C(C#N)Cc2ccc(CCCC)cc2)CC1. The van der Waals surface area contributed by atoms with Gasteiger partial charge in [0.2, 0.25) is 0 Å². The van der Waals surface area contributed by atoms with E-state index in [2.05, 4.69) is 44.2 Å². The molecule has 0 saturated heterocycles. The van der Waals surface area contributed by atoms with E-state index in [0.717, 1.165) is 12.3 Å². The lowest BCUT2D eigenvalue weighted by Gasteiger charge is -2.31. The lowest BCUT2D eigenvalue weighted by atomic mass is 9.73. The maximum atomic E-state index is 9.75. The van der Waals surface area contributed by atoms with Crippen LogP contribution in [0.15, 0.2) is 24.3 Å². The van der Waals surface area contributed by atoms with Crippen molar-refractivity contribution in [3.8, 4) is 6.07 Å². The van der Waals surface area contributed by atoms with E-state index in [1.54, 1.807) is 0 Å². The smallest absolute Gasteiger partial charge is 0.0662 e. The summed E-state index contributed by atoms with van der Waals surface area (Å²) in [5, 5.41) is 9.75.